The van der Waals surface area contributed by atoms with Crippen LogP contribution >= 0.6 is 15.9 Å². The van der Waals surface area contributed by atoms with Crippen LogP contribution in [0.3, 0.4) is 0 Å². The standard InChI is InChI=1S/C10H18BrN3O2S/c1-7(11)6-13(4)17(15,16)10-8(2)12-14(5)9(10)3/h7H,6H2,1-5H3. The highest BCUT2D eigenvalue weighted by molar-refractivity contribution is 9.09. The number of rotatable bonds is 4. The number of aryl methyl sites for hydroxylation is 2. The molecule has 1 aromatic rings. The minimum absolute atomic E-state index is 0.111. The van der Waals surface area contributed by atoms with Crippen molar-refractivity contribution in [1.29, 1.82) is 0 Å². The molecule has 0 amide bonds. The molecule has 0 fully saturated rings. The smallest absolute Gasteiger partial charge is 0.246 e. The maximum Gasteiger partial charge on any atom is 0.246 e. The molecule has 7 heteroatoms. The van der Waals surface area contributed by atoms with E-state index in [1.165, 1.54) is 4.31 Å². The molecule has 1 rings (SSSR count). The van der Waals surface area contributed by atoms with E-state index in [-0.39, 0.29) is 4.83 Å². The summed E-state index contributed by atoms with van der Waals surface area (Å²) in [5, 5.41) is 4.14. The fraction of sp³-hybridized carbons (Fsp3) is 0.700. The Morgan fingerprint density at radius 1 is 1.47 bits per heavy atom. The van der Waals surface area contributed by atoms with Gasteiger partial charge in [0.15, 0.2) is 0 Å². The van der Waals surface area contributed by atoms with E-state index in [4.69, 9.17) is 0 Å². The second-order valence-electron chi connectivity index (χ2n) is 4.19. The molecule has 17 heavy (non-hydrogen) atoms. The third kappa shape index (κ3) is 2.89. The van der Waals surface area contributed by atoms with E-state index in [1.807, 2.05) is 6.92 Å². The lowest BCUT2D eigenvalue weighted by atomic mass is 10.4. The van der Waals surface area contributed by atoms with Crippen LogP contribution in [-0.4, -0.2) is 40.9 Å². The van der Waals surface area contributed by atoms with Crippen molar-refractivity contribution in [3.8, 4) is 0 Å². The molecule has 0 spiro atoms. The zero-order valence-electron chi connectivity index (χ0n) is 10.7. The summed E-state index contributed by atoms with van der Waals surface area (Å²) in [7, 11) is -0.128. The van der Waals surface area contributed by atoms with Gasteiger partial charge in [-0.3, -0.25) is 4.68 Å². The molecule has 1 atom stereocenters. The second kappa shape index (κ2) is 5.07. The quantitative estimate of drug-likeness (QED) is 0.788. The molecular formula is C10H18BrN3O2S. The van der Waals surface area contributed by atoms with Crippen molar-refractivity contribution in [1.82, 2.24) is 14.1 Å². The van der Waals surface area contributed by atoms with Gasteiger partial charge in [0, 0.05) is 25.5 Å². The first kappa shape index (κ1) is 14.7. The van der Waals surface area contributed by atoms with Crippen LogP contribution in [0.5, 0.6) is 0 Å². The van der Waals surface area contributed by atoms with Gasteiger partial charge in [-0.1, -0.05) is 22.9 Å². The Hall–Kier alpha value is -0.400. The third-order valence-electron chi connectivity index (χ3n) is 2.62. The van der Waals surface area contributed by atoms with E-state index in [2.05, 4.69) is 21.0 Å². The van der Waals surface area contributed by atoms with Crippen molar-refractivity contribution in [2.75, 3.05) is 13.6 Å². The molecule has 0 bridgehead atoms. The molecule has 0 N–H and O–H groups in total. The molecule has 1 heterocycles. The number of aromatic nitrogens is 2. The molecule has 0 aromatic carbocycles. The zero-order chi connectivity index (χ0) is 13.4. The predicted octanol–water partition coefficient (Wildman–Crippen LogP) is 1.44. The SMILES string of the molecule is Cc1nn(C)c(C)c1S(=O)(=O)N(C)CC(C)Br. The lowest BCUT2D eigenvalue weighted by Gasteiger charge is -2.18. The number of hydrogen-bond donors (Lipinski definition) is 0. The van der Waals surface area contributed by atoms with Gasteiger partial charge in [0.05, 0.1) is 11.4 Å². The monoisotopic (exact) mass is 323 g/mol. The van der Waals surface area contributed by atoms with Crippen LogP contribution in [-0.2, 0) is 17.1 Å². The van der Waals surface area contributed by atoms with Crippen LogP contribution in [0.4, 0.5) is 0 Å². The molecule has 0 saturated carbocycles. The highest BCUT2D eigenvalue weighted by Crippen LogP contribution is 2.22. The van der Waals surface area contributed by atoms with Gasteiger partial charge >= 0.3 is 0 Å². The fourth-order valence-corrected chi connectivity index (χ4v) is 4.01. The van der Waals surface area contributed by atoms with E-state index in [1.54, 1.807) is 32.6 Å². The van der Waals surface area contributed by atoms with Gasteiger partial charge in [-0.2, -0.15) is 9.40 Å². The Labute approximate surface area is 111 Å². The van der Waals surface area contributed by atoms with Gasteiger partial charge in [-0.15, -0.1) is 0 Å². The summed E-state index contributed by atoms with van der Waals surface area (Å²) in [6.45, 7) is 5.81. The molecule has 0 saturated heterocycles. The molecule has 1 unspecified atom stereocenters. The van der Waals surface area contributed by atoms with E-state index >= 15 is 0 Å². The van der Waals surface area contributed by atoms with Gasteiger partial charge < -0.3 is 0 Å². The lowest BCUT2D eigenvalue weighted by Crippen LogP contribution is -2.32. The summed E-state index contributed by atoms with van der Waals surface area (Å²) in [5.41, 5.74) is 1.20. The van der Waals surface area contributed by atoms with E-state index in [0.717, 1.165) is 0 Å². The van der Waals surface area contributed by atoms with Crippen LogP contribution in [0.2, 0.25) is 0 Å². The van der Waals surface area contributed by atoms with Crippen LogP contribution in [0.15, 0.2) is 4.90 Å². The van der Waals surface area contributed by atoms with Gasteiger partial charge in [-0.05, 0) is 13.8 Å². The summed E-state index contributed by atoms with van der Waals surface area (Å²) in [5.74, 6) is 0. The Bertz CT molecular complexity index is 508. The van der Waals surface area contributed by atoms with Gasteiger partial charge in [0.25, 0.3) is 0 Å². The lowest BCUT2D eigenvalue weighted by molar-refractivity contribution is 0.472. The van der Waals surface area contributed by atoms with E-state index < -0.39 is 10.0 Å². The Kier molecular flexibility index (Phi) is 4.38. The molecule has 1 aromatic heterocycles. The maximum absolute atomic E-state index is 12.4. The molecular weight excluding hydrogens is 306 g/mol. The Morgan fingerprint density at radius 3 is 2.35 bits per heavy atom. The predicted molar refractivity (Wildman–Crippen MR) is 70.9 cm³/mol. The summed E-state index contributed by atoms with van der Waals surface area (Å²) < 4.78 is 27.7. The van der Waals surface area contributed by atoms with Crippen molar-refractivity contribution in [2.24, 2.45) is 7.05 Å². The number of sulfonamides is 1. The number of alkyl halides is 1. The number of nitrogens with zero attached hydrogens (tertiary/aromatic N) is 3. The van der Waals surface area contributed by atoms with Crippen molar-refractivity contribution in [3.63, 3.8) is 0 Å². The molecule has 0 aliphatic rings. The topological polar surface area (TPSA) is 55.2 Å². The summed E-state index contributed by atoms with van der Waals surface area (Å²) >= 11 is 3.36. The first-order valence-corrected chi connectivity index (χ1v) is 7.64. The number of halogens is 1. The van der Waals surface area contributed by atoms with Gasteiger partial charge in [-0.25, -0.2) is 8.42 Å². The third-order valence-corrected chi connectivity index (χ3v) is 4.99. The largest absolute Gasteiger partial charge is 0.271 e. The highest BCUT2D eigenvalue weighted by atomic mass is 79.9. The summed E-state index contributed by atoms with van der Waals surface area (Å²) in [6.07, 6.45) is 0. The first-order valence-electron chi connectivity index (χ1n) is 5.28. The highest BCUT2D eigenvalue weighted by Gasteiger charge is 2.28. The van der Waals surface area contributed by atoms with Crippen molar-refractivity contribution < 1.29 is 8.42 Å². The minimum atomic E-state index is -3.45. The van der Waals surface area contributed by atoms with Crippen molar-refractivity contribution in [2.45, 2.75) is 30.5 Å². The maximum atomic E-state index is 12.4. The van der Waals surface area contributed by atoms with E-state index in [9.17, 15) is 8.42 Å². The zero-order valence-corrected chi connectivity index (χ0v) is 13.1. The molecule has 98 valence electrons. The van der Waals surface area contributed by atoms with E-state index in [0.29, 0.717) is 22.8 Å². The normalized spacial score (nSPS) is 14.3. The Morgan fingerprint density at radius 2 is 2.00 bits per heavy atom. The van der Waals surface area contributed by atoms with Gasteiger partial charge in [0.2, 0.25) is 10.0 Å². The minimum Gasteiger partial charge on any atom is -0.271 e. The van der Waals surface area contributed by atoms with Crippen LogP contribution in [0.1, 0.15) is 18.3 Å². The first-order chi connectivity index (χ1) is 7.67. The average Bonchev–Trinajstić information content (AvgIpc) is 2.39. The Balaban J connectivity index is 3.22. The van der Waals surface area contributed by atoms with Crippen LogP contribution < -0.4 is 0 Å². The molecule has 5 nitrogen and oxygen atoms in total. The second-order valence-corrected chi connectivity index (χ2v) is 7.73. The summed E-state index contributed by atoms with van der Waals surface area (Å²) in [6, 6.07) is 0. The molecule has 0 radical (unpaired) electrons. The summed E-state index contributed by atoms with van der Waals surface area (Å²) in [4.78, 5) is 0.426. The fourth-order valence-electron chi connectivity index (χ4n) is 1.74. The van der Waals surface area contributed by atoms with Crippen LogP contribution in [0.25, 0.3) is 0 Å². The number of hydrogen-bond acceptors (Lipinski definition) is 3. The molecule has 0 aliphatic carbocycles. The molecule has 0 aliphatic heterocycles. The van der Waals surface area contributed by atoms with Crippen molar-refractivity contribution >= 4 is 26.0 Å². The van der Waals surface area contributed by atoms with Crippen molar-refractivity contribution in [3.05, 3.63) is 11.4 Å². The van der Waals surface area contributed by atoms with Gasteiger partial charge in [0.1, 0.15) is 4.90 Å². The van der Waals surface area contributed by atoms with Crippen LogP contribution in [0, 0.1) is 13.8 Å². The average molecular weight is 324 g/mol.